The molecule has 0 aromatic rings. The van der Waals surface area contributed by atoms with Crippen molar-refractivity contribution in [2.24, 2.45) is 17.8 Å². The summed E-state index contributed by atoms with van der Waals surface area (Å²) >= 11 is 0. The monoisotopic (exact) mass is 326 g/mol. The fourth-order valence-electron chi connectivity index (χ4n) is 4.32. The van der Waals surface area contributed by atoms with Gasteiger partial charge in [0.2, 0.25) is 0 Å². The standard InChI is InChI=1S/C20H39FN2/c1-3-7-19(21)9-6-4-5-8-17-14-22-20(23-15-17)18-12-10-16(2)11-13-18/h16-20,22-23H,3-15H2,1-2H3. The van der Waals surface area contributed by atoms with Crippen molar-refractivity contribution in [1.29, 1.82) is 0 Å². The van der Waals surface area contributed by atoms with Crippen molar-refractivity contribution in [3.05, 3.63) is 0 Å². The zero-order chi connectivity index (χ0) is 16.5. The Hall–Kier alpha value is -0.150. The Bertz CT molecular complexity index is 294. The quantitative estimate of drug-likeness (QED) is 0.580. The lowest BCUT2D eigenvalue weighted by Gasteiger charge is -2.39. The molecule has 1 aliphatic heterocycles. The third-order valence-corrected chi connectivity index (χ3v) is 6.02. The molecule has 1 heterocycles. The molecule has 2 rings (SSSR count). The van der Waals surface area contributed by atoms with Gasteiger partial charge in [-0.1, -0.05) is 52.4 Å². The summed E-state index contributed by atoms with van der Waals surface area (Å²) in [5.41, 5.74) is 0. The number of hydrogen-bond acceptors (Lipinski definition) is 2. The minimum absolute atomic E-state index is 0.556. The van der Waals surface area contributed by atoms with Crippen LogP contribution in [0.25, 0.3) is 0 Å². The van der Waals surface area contributed by atoms with Gasteiger partial charge in [-0.3, -0.25) is 0 Å². The Morgan fingerprint density at radius 2 is 1.65 bits per heavy atom. The van der Waals surface area contributed by atoms with Gasteiger partial charge >= 0.3 is 0 Å². The smallest absolute Gasteiger partial charge is 0.100 e. The number of halogens is 1. The van der Waals surface area contributed by atoms with Crippen LogP contribution in [0.5, 0.6) is 0 Å². The van der Waals surface area contributed by atoms with Gasteiger partial charge in [-0.15, -0.1) is 0 Å². The van der Waals surface area contributed by atoms with E-state index >= 15 is 0 Å². The summed E-state index contributed by atoms with van der Waals surface area (Å²) in [5, 5.41) is 7.52. The van der Waals surface area contributed by atoms with E-state index in [0.717, 1.165) is 43.4 Å². The summed E-state index contributed by atoms with van der Waals surface area (Å²) in [6.45, 7) is 6.80. The SMILES string of the molecule is CCCC(F)CCCCCC1CNC(C2CCC(C)CC2)NC1. The van der Waals surface area contributed by atoms with Crippen LogP contribution in [0.1, 0.15) is 84.5 Å². The van der Waals surface area contributed by atoms with Gasteiger partial charge in [0.1, 0.15) is 6.17 Å². The lowest BCUT2D eigenvalue weighted by molar-refractivity contribution is 0.166. The molecule has 0 spiro atoms. The van der Waals surface area contributed by atoms with Gasteiger partial charge in [0.15, 0.2) is 0 Å². The highest BCUT2D eigenvalue weighted by molar-refractivity contribution is 4.84. The molecular weight excluding hydrogens is 287 g/mol. The van der Waals surface area contributed by atoms with Crippen molar-refractivity contribution >= 4 is 0 Å². The van der Waals surface area contributed by atoms with Crippen molar-refractivity contribution in [2.45, 2.75) is 96.8 Å². The summed E-state index contributed by atoms with van der Waals surface area (Å²) in [6.07, 6.45) is 12.9. The molecule has 0 aromatic heterocycles. The highest BCUT2D eigenvalue weighted by atomic mass is 19.1. The topological polar surface area (TPSA) is 24.1 Å². The van der Waals surface area contributed by atoms with Gasteiger partial charge in [-0.2, -0.15) is 0 Å². The van der Waals surface area contributed by atoms with E-state index in [1.807, 2.05) is 0 Å². The Morgan fingerprint density at radius 1 is 0.957 bits per heavy atom. The predicted molar refractivity (Wildman–Crippen MR) is 97.3 cm³/mol. The molecule has 136 valence electrons. The Balaban J connectivity index is 1.50. The van der Waals surface area contributed by atoms with Crippen molar-refractivity contribution in [3.8, 4) is 0 Å². The number of nitrogens with one attached hydrogen (secondary N) is 2. The minimum Gasteiger partial charge on any atom is -0.301 e. The van der Waals surface area contributed by atoms with E-state index in [0.29, 0.717) is 6.17 Å². The van der Waals surface area contributed by atoms with Gasteiger partial charge in [0.25, 0.3) is 0 Å². The summed E-state index contributed by atoms with van der Waals surface area (Å²) in [4.78, 5) is 0. The van der Waals surface area contributed by atoms with E-state index in [-0.39, 0.29) is 0 Å². The normalized spacial score (nSPS) is 33.5. The van der Waals surface area contributed by atoms with E-state index in [9.17, 15) is 4.39 Å². The minimum atomic E-state index is -0.558. The molecule has 2 N–H and O–H groups in total. The molecular formula is C20H39FN2. The molecule has 1 aliphatic carbocycles. The fraction of sp³-hybridized carbons (Fsp3) is 1.00. The second kappa shape index (κ2) is 10.7. The van der Waals surface area contributed by atoms with Crippen LogP contribution in [0.3, 0.4) is 0 Å². The average Bonchev–Trinajstić information content (AvgIpc) is 2.56. The van der Waals surface area contributed by atoms with E-state index in [1.165, 1.54) is 58.0 Å². The molecule has 2 aliphatic rings. The molecule has 1 saturated carbocycles. The van der Waals surface area contributed by atoms with Crippen LogP contribution in [0.4, 0.5) is 4.39 Å². The largest absolute Gasteiger partial charge is 0.301 e. The Labute approximate surface area is 143 Å². The maximum Gasteiger partial charge on any atom is 0.100 e. The number of rotatable bonds is 9. The lowest BCUT2D eigenvalue weighted by atomic mass is 9.80. The highest BCUT2D eigenvalue weighted by Gasteiger charge is 2.29. The molecule has 0 radical (unpaired) electrons. The first kappa shape index (κ1) is 19.2. The fourth-order valence-corrected chi connectivity index (χ4v) is 4.32. The third-order valence-electron chi connectivity index (χ3n) is 6.02. The van der Waals surface area contributed by atoms with Gasteiger partial charge in [-0.05, 0) is 49.9 Å². The molecule has 1 saturated heterocycles. The van der Waals surface area contributed by atoms with Crippen molar-refractivity contribution in [1.82, 2.24) is 10.6 Å². The molecule has 0 bridgehead atoms. The maximum atomic E-state index is 13.4. The van der Waals surface area contributed by atoms with Crippen LogP contribution in [0.15, 0.2) is 0 Å². The second-order valence-electron chi connectivity index (χ2n) is 8.20. The molecule has 1 atom stereocenters. The summed E-state index contributed by atoms with van der Waals surface area (Å²) < 4.78 is 13.4. The van der Waals surface area contributed by atoms with Crippen molar-refractivity contribution < 1.29 is 4.39 Å². The van der Waals surface area contributed by atoms with Gasteiger partial charge in [0.05, 0.1) is 6.17 Å². The van der Waals surface area contributed by atoms with Crippen LogP contribution in [0, 0.1) is 17.8 Å². The van der Waals surface area contributed by atoms with Crippen LogP contribution in [0.2, 0.25) is 0 Å². The zero-order valence-corrected chi connectivity index (χ0v) is 15.5. The van der Waals surface area contributed by atoms with Crippen molar-refractivity contribution in [2.75, 3.05) is 13.1 Å². The highest BCUT2D eigenvalue weighted by Crippen LogP contribution is 2.30. The van der Waals surface area contributed by atoms with E-state index < -0.39 is 6.17 Å². The zero-order valence-electron chi connectivity index (χ0n) is 15.5. The first-order valence-corrected chi connectivity index (χ1v) is 10.3. The van der Waals surface area contributed by atoms with E-state index in [1.54, 1.807) is 0 Å². The Morgan fingerprint density at radius 3 is 2.30 bits per heavy atom. The molecule has 3 heteroatoms. The average molecular weight is 327 g/mol. The number of alkyl halides is 1. The van der Waals surface area contributed by atoms with Crippen LogP contribution in [-0.4, -0.2) is 25.4 Å². The van der Waals surface area contributed by atoms with E-state index in [2.05, 4.69) is 24.5 Å². The third kappa shape index (κ3) is 7.09. The molecule has 1 unspecified atom stereocenters. The lowest BCUT2D eigenvalue weighted by Crippen LogP contribution is -2.56. The first-order chi connectivity index (χ1) is 11.2. The summed E-state index contributed by atoms with van der Waals surface area (Å²) in [5.74, 6) is 2.54. The number of hydrogen-bond donors (Lipinski definition) is 2. The summed E-state index contributed by atoms with van der Waals surface area (Å²) in [6, 6.07) is 0. The summed E-state index contributed by atoms with van der Waals surface area (Å²) in [7, 11) is 0. The van der Waals surface area contributed by atoms with Gasteiger partial charge < -0.3 is 10.6 Å². The molecule has 23 heavy (non-hydrogen) atoms. The van der Waals surface area contributed by atoms with Gasteiger partial charge in [-0.25, -0.2) is 4.39 Å². The van der Waals surface area contributed by atoms with Gasteiger partial charge in [0, 0.05) is 13.1 Å². The first-order valence-electron chi connectivity index (χ1n) is 10.3. The predicted octanol–water partition coefficient (Wildman–Crippen LogP) is 5.04. The van der Waals surface area contributed by atoms with Crippen LogP contribution >= 0.6 is 0 Å². The van der Waals surface area contributed by atoms with Crippen molar-refractivity contribution in [3.63, 3.8) is 0 Å². The number of unbranched alkanes of at least 4 members (excludes halogenated alkanes) is 2. The van der Waals surface area contributed by atoms with Crippen LogP contribution in [-0.2, 0) is 0 Å². The molecule has 2 fully saturated rings. The Kier molecular flexibility index (Phi) is 8.89. The van der Waals surface area contributed by atoms with E-state index in [4.69, 9.17) is 0 Å². The molecule has 2 nitrogen and oxygen atoms in total. The second-order valence-corrected chi connectivity index (χ2v) is 8.20. The van der Waals surface area contributed by atoms with Crippen LogP contribution < -0.4 is 10.6 Å². The molecule has 0 amide bonds. The molecule has 0 aromatic carbocycles. The maximum absolute atomic E-state index is 13.4.